The van der Waals surface area contributed by atoms with Crippen molar-refractivity contribution in [2.24, 2.45) is 5.92 Å². The molecule has 1 nitrogen and oxygen atoms in total. The highest BCUT2D eigenvalue weighted by Gasteiger charge is 2.49. The molecule has 1 aliphatic rings. The molecule has 0 spiro atoms. The van der Waals surface area contributed by atoms with E-state index in [2.05, 4.69) is 0 Å². The van der Waals surface area contributed by atoms with Crippen molar-refractivity contribution in [2.75, 3.05) is 0 Å². The highest BCUT2D eigenvalue weighted by molar-refractivity contribution is 6.31. The molecule has 1 aromatic carbocycles. The van der Waals surface area contributed by atoms with E-state index < -0.39 is 5.60 Å². The molecule has 0 aromatic heterocycles. The first-order chi connectivity index (χ1) is 6.53. The largest absolute Gasteiger partial charge is 0.389 e. The van der Waals surface area contributed by atoms with Crippen LogP contribution in [0.2, 0.25) is 5.02 Å². The molecule has 1 aliphatic carbocycles. The molecule has 1 fully saturated rings. The Morgan fingerprint density at radius 1 is 1.64 bits per heavy atom. The average Bonchev–Trinajstić information content (AvgIpc) is 2.68. The molecule has 3 heteroatoms. The number of benzene rings is 1. The molecule has 0 aliphatic heterocycles. The lowest BCUT2D eigenvalue weighted by molar-refractivity contribution is 0.133. The summed E-state index contributed by atoms with van der Waals surface area (Å²) in [5.74, 6) is -0.0804. The molecule has 0 saturated heterocycles. The van der Waals surface area contributed by atoms with Gasteiger partial charge < -0.3 is 5.11 Å². The monoisotopic (exact) mass is 214 g/mol. The quantitative estimate of drug-likeness (QED) is 0.803. The number of hydrogen-bond donors (Lipinski definition) is 1. The standard InChI is InChI=1S/C11H12ClFO/c1-7-5-11(7,14)6-8-9(12)3-2-4-10(8)13/h2-4,7,14H,5-6H2,1H3. The molecule has 14 heavy (non-hydrogen) atoms. The molecule has 0 bridgehead atoms. The van der Waals surface area contributed by atoms with E-state index in [1.807, 2.05) is 6.92 Å². The molecule has 1 aromatic rings. The molecule has 2 unspecified atom stereocenters. The van der Waals surface area contributed by atoms with Gasteiger partial charge in [-0.15, -0.1) is 0 Å². The lowest BCUT2D eigenvalue weighted by atomic mass is 10.0. The van der Waals surface area contributed by atoms with Gasteiger partial charge in [-0.25, -0.2) is 4.39 Å². The van der Waals surface area contributed by atoms with E-state index in [0.717, 1.165) is 6.42 Å². The zero-order chi connectivity index (χ0) is 10.3. The Morgan fingerprint density at radius 2 is 2.29 bits per heavy atom. The van der Waals surface area contributed by atoms with Crippen molar-refractivity contribution >= 4 is 11.6 Å². The molecular weight excluding hydrogens is 203 g/mol. The van der Waals surface area contributed by atoms with Crippen molar-refractivity contribution < 1.29 is 9.50 Å². The van der Waals surface area contributed by atoms with E-state index in [0.29, 0.717) is 17.0 Å². The minimum Gasteiger partial charge on any atom is -0.389 e. The first-order valence-electron chi connectivity index (χ1n) is 4.68. The van der Waals surface area contributed by atoms with E-state index >= 15 is 0 Å². The molecule has 76 valence electrons. The van der Waals surface area contributed by atoms with Gasteiger partial charge in [0.05, 0.1) is 5.60 Å². The van der Waals surface area contributed by atoms with Crippen LogP contribution in [-0.2, 0) is 6.42 Å². The Hall–Kier alpha value is -0.600. The predicted octanol–water partition coefficient (Wildman–Crippen LogP) is 2.79. The van der Waals surface area contributed by atoms with Crippen molar-refractivity contribution in [2.45, 2.75) is 25.4 Å². The van der Waals surface area contributed by atoms with Crippen molar-refractivity contribution in [1.29, 1.82) is 0 Å². The Bertz CT molecular complexity index is 346. The van der Waals surface area contributed by atoms with Crippen LogP contribution in [0.3, 0.4) is 0 Å². The second kappa shape index (κ2) is 3.21. The van der Waals surface area contributed by atoms with Gasteiger partial charge in [0, 0.05) is 17.0 Å². The summed E-state index contributed by atoms with van der Waals surface area (Å²) in [5.41, 5.74) is -0.299. The maximum Gasteiger partial charge on any atom is 0.127 e. The van der Waals surface area contributed by atoms with E-state index in [4.69, 9.17) is 11.6 Å². The third kappa shape index (κ3) is 1.64. The second-order valence-electron chi connectivity index (χ2n) is 4.09. The van der Waals surface area contributed by atoms with Crippen molar-refractivity contribution in [3.63, 3.8) is 0 Å². The summed E-state index contributed by atoms with van der Waals surface area (Å²) >= 11 is 5.86. The van der Waals surface area contributed by atoms with Crippen LogP contribution in [0, 0.1) is 11.7 Å². The number of hydrogen-bond acceptors (Lipinski definition) is 1. The summed E-state index contributed by atoms with van der Waals surface area (Å²) in [7, 11) is 0. The van der Waals surface area contributed by atoms with Crippen LogP contribution in [0.5, 0.6) is 0 Å². The van der Waals surface area contributed by atoms with Gasteiger partial charge >= 0.3 is 0 Å². The van der Waals surface area contributed by atoms with Crippen LogP contribution in [0.25, 0.3) is 0 Å². The van der Waals surface area contributed by atoms with Crippen molar-refractivity contribution in [3.05, 3.63) is 34.6 Å². The fraction of sp³-hybridized carbons (Fsp3) is 0.455. The molecule has 2 rings (SSSR count). The number of rotatable bonds is 2. The number of aliphatic hydroxyl groups is 1. The summed E-state index contributed by atoms with van der Waals surface area (Å²) in [6.07, 6.45) is 1.05. The van der Waals surface area contributed by atoms with Crippen LogP contribution >= 0.6 is 11.6 Å². The summed E-state index contributed by atoms with van der Waals surface area (Å²) < 4.78 is 13.3. The molecule has 1 N–H and O–H groups in total. The lowest BCUT2D eigenvalue weighted by Crippen LogP contribution is -2.15. The van der Waals surface area contributed by atoms with Crippen molar-refractivity contribution in [3.8, 4) is 0 Å². The summed E-state index contributed by atoms with van der Waals surface area (Å²) in [6.45, 7) is 1.95. The third-order valence-corrected chi connectivity index (χ3v) is 3.32. The van der Waals surface area contributed by atoms with Crippen LogP contribution in [-0.4, -0.2) is 10.7 Å². The second-order valence-corrected chi connectivity index (χ2v) is 4.49. The molecule has 0 heterocycles. The number of halogens is 2. The first kappa shape index (κ1) is 9.94. The minimum absolute atomic E-state index is 0.248. The van der Waals surface area contributed by atoms with E-state index in [9.17, 15) is 9.50 Å². The zero-order valence-corrected chi connectivity index (χ0v) is 8.68. The fourth-order valence-electron chi connectivity index (χ4n) is 1.73. The van der Waals surface area contributed by atoms with Gasteiger partial charge in [0.1, 0.15) is 5.82 Å². The molecule has 0 amide bonds. The summed E-state index contributed by atoms with van der Waals surface area (Å²) in [4.78, 5) is 0. The molecule has 2 atom stereocenters. The van der Waals surface area contributed by atoms with Crippen molar-refractivity contribution in [1.82, 2.24) is 0 Å². The Balaban J connectivity index is 2.25. The minimum atomic E-state index is -0.730. The molecule has 0 radical (unpaired) electrons. The highest BCUT2D eigenvalue weighted by Crippen LogP contribution is 2.46. The Kier molecular flexibility index (Phi) is 2.28. The van der Waals surface area contributed by atoms with Gasteiger partial charge in [0.15, 0.2) is 0 Å². The maximum absolute atomic E-state index is 13.3. The third-order valence-electron chi connectivity index (χ3n) is 2.96. The normalized spacial score (nSPS) is 30.4. The van der Waals surface area contributed by atoms with E-state index in [-0.39, 0.29) is 11.7 Å². The highest BCUT2D eigenvalue weighted by atomic mass is 35.5. The van der Waals surface area contributed by atoms with Gasteiger partial charge in [-0.05, 0) is 24.5 Å². The van der Waals surface area contributed by atoms with Crippen LogP contribution < -0.4 is 0 Å². The molecular formula is C11H12ClFO. The average molecular weight is 215 g/mol. The van der Waals surface area contributed by atoms with Gasteiger partial charge in [-0.1, -0.05) is 24.6 Å². The predicted molar refractivity (Wildman–Crippen MR) is 53.8 cm³/mol. The summed E-state index contributed by atoms with van der Waals surface area (Å²) in [6, 6.07) is 4.59. The first-order valence-corrected chi connectivity index (χ1v) is 5.06. The molecule has 1 saturated carbocycles. The van der Waals surface area contributed by atoms with Crippen LogP contribution in [0.1, 0.15) is 18.9 Å². The van der Waals surface area contributed by atoms with E-state index in [1.165, 1.54) is 6.07 Å². The lowest BCUT2D eigenvalue weighted by Gasteiger charge is -2.11. The van der Waals surface area contributed by atoms with Gasteiger partial charge in [0.2, 0.25) is 0 Å². The smallest absolute Gasteiger partial charge is 0.127 e. The summed E-state index contributed by atoms with van der Waals surface area (Å²) in [5, 5.41) is 10.3. The Morgan fingerprint density at radius 3 is 2.79 bits per heavy atom. The topological polar surface area (TPSA) is 20.2 Å². The van der Waals surface area contributed by atoms with Crippen LogP contribution in [0.4, 0.5) is 4.39 Å². The SMILES string of the molecule is CC1CC1(O)Cc1c(F)cccc1Cl. The van der Waals surface area contributed by atoms with Gasteiger partial charge in [-0.3, -0.25) is 0 Å². The zero-order valence-electron chi connectivity index (χ0n) is 7.93. The Labute approximate surface area is 87.5 Å². The van der Waals surface area contributed by atoms with Crippen LogP contribution in [0.15, 0.2) is 18.2 Å². The fourth-order valence-corrected chi connectivity index (χ4v) is 1.95. The maximum atomic E-state index is 13.3. The van der Waals surface area contributed by atoms with Gasteiger partial charge in [0.25, 0.3) is 0 Å². The van der Waals surface area contributed by atoms with Gasteiger partial charge in [-0.2, -0.15) is 0 Å². The van der Waals surface area contributed by atoms with E-state index in [1.54, 1.807) is 12.1 Å².